The van der Waals surface area contributed by atoms with Gasteiger partial charge in [-0.05, 0) is 36.1 Å². The molecule has 2 rings (SSSR count). The Morgan fingerprint density at radius 2 is 1.63 bits per heavy atom. The van der Waals surface area contributed by atoms with Gasteiger partial charge in [0.05, 0.1) is 6.61 Å². The Morgan fingerprint density at radius 3 is 2.26 bits per heavy atom. The van der Waals surface area contributed by atoms with Crippen LogP contribution in [0.25, 0.3) is 0 Å². The Balaban J connectivity index is 1.96. The largest absolute Gasteiger partial charge is 0.392 e. The van der Waals surface area contributed by atoms with Gasteiger partial charge in [-0.3, -0.25) is 0 Å². The zero-order valence-electron chi connectivity index (χ0n) is 11.6. The van der Waals surface area contributed by atoms with E-state index < -0.39 is 0 Å². The van der Waals surface area contributed by atoms with Gasteiger partial charge < -0.3 is 10.4 Å². The summed E-state index contributed by atoms with van der Waals surface area (Å²) in [6, 6.07) is 16.8. The molecular formula is C17H21NO. The van der Waals surface area contributed by atoms with Gasteiger partial charge in [-0.25, -0.2) is 0 Å². The number of hydrogen-bond acceptors (Lipinski definition) is 2. The lowest BCUT2D eigenvalue weighted by Crippen LogP contribution is -2.18. The molecule has 1 unspecified atom stereocenters. The van der Waals surface area contributed by atoms with Crippen LogP contribution in [0.5, 0.6) is 0 Å². The van der Waals surface area contributed by atoms with Crippen LogP contribution in [-0.4, -0.2) is 5.11 Å². The number of nitrogens with one attached hydrogen (secondary N) is 1. The van der Waals surface area contributed by atoms with Crippen LogP contribution in [0, 0.1) is 6.92 Å². The molecule has 2 aromatic carbocycles. The Labute approximate surface area is 115 Å². The zero-order valence-corrected chi connectivity index (χ0v) is 11.6. The second kappa shape index (κ2) is 6.50. The first kappa shape index (κ1) is 13.8. The summed E-state index contributed by atoms with van der Waals surface area (Å²) >= 11 is 0. The van der Waals surface area contributed by atoms with E-state index in [0.717, 1.165) is 12.1 Å². The van der Waals surface area contributed by atoms with Crippen molar-refractivity contribution < 1.29 is 5.11 Å². The fourth-order valence-corrected chi connectivity index (χ4v) is 2.22. The summed E-state index contributed by atoms with van der Waals surface area (Å²) in [5, 5.41) is 12.5. The second-order valence-electron chi connectivity index (χ2n) is 4.93. The molecule has 0 aliphatic rings. The summed E-state index contributed by atoms with van der Waals surface area (Å²) < 4.78 is 0. The van der Waals surface area contributed by atoms with E-state index in [1.165, 1.54) is 16.7 Å². The third-order valence-electron chi connectivity index (χ3n) is 3.47. The van der Waals surface area contributed by atoms with Crippen LogP contribution in [0.1, 0.15) is 35.2 Å². The van der Waals surface area contributed by atoms with E-state index in [2.05, 4.69) is 55.6 Å². The highest BCUT2D eigenvalue weighted by atomic mass is 16.3. The van der Waals surface area contributed by atoms with Crippen molar-refractivity contribution in [2.24, 2.45) is 0 Å². The number of aliphatic hydroxyl groups is 1. The molecule has 2 heteroatoms. The molecule has 0 bridgehead atoms. The van der Waals surface area contributed by atoms with Crippen molar-refractivity contribution in [2.75, 3.05) is 0 Å². The molecule has 2 aromatic rings. The lowest BCUT2D eigenvalue weighted by Gasteiger charge is -2.16. The monoisotopic (exact) mass is 255 g/mol. The highest BCUT2D eigenvalue weighted by molar-refractivity contribution is 5.28. The quantitative estimate of drug-likeness (QED) is 0.859. The van der Waals surface area contributed by atoms with Crippen LogP contribution in [0.2, 0.25) is 0 Å². The molecule has 0 heterocycles. The zero-order chi connectivity index (χ0) is 13.7. The van der Waals surface area contributed by atoms with Crippen molar-refractivity contribution in [3.63, 3.8) is 0 Å². The first-order valence-corrected chi connectivity index (χ1v) is 6.68. The predicted octanol–water partition coefficient (Wildman–Crippen LogP) is 3.34. The van der Waals surface area contributed by atoms with Crippen LogP contribution < -0.4 is 5.32 Å². The minimum absolute atomic E-state index is 0.104. The first-order chi connectivity index (χ1) is 9.20. The molecule has 2 nitrogen and oxygen atoms in total. The van der Waals surface area contributed by atoms with E-state index in [1.807, 2.05) is 12.1 Å². The highest BCUT2D eigenvalue weighted by Crippen LogP contribution is 2.17. The maximum Gasteiger partial charge on any atom is 0.0681 e. The molecule has 0 aromatic heterocycles. The summed E-state index contributed by atoms with van der Waals surface area (Å²) in [7, 11) is 0. The molecule has 0 aliphatic heterocycles. The van der Waals surface area contributed by atoms with Crippen molar-refractivity contribution in [2.45, 2.75) is 33.0 Å². The van der Waals surface area contributed by atoms with Gasteiger partial charge in [-0.15, -0.1) is 0 Å². The molecule has 0 amide bonds. The smallest absolute Gasteiger partial charge is 0.0681 e. The van der Waals surface area contributed by atoms with Crippen LogP contribution in [0.15, 0.2) is 48.5 Å². The maximum absolute atomic E-state index is 9.01. The van der Waals surface area contributed by atoms with E-state index in [4.69, 9.17) is 5.11 Å². The normalized spacial score (nSPS) is 12.4. The van der Waals surface area contributed by atoms with Gasteiger partial charge in [0.25, 0.3) is 0 Å². The molecule has 0 radical (unpaired) electrons. The lowest BCUT2D eigenvalue weighted by atomic mass is 10.0. The molecule has 0 saturated carbocycles. The Bertz CT molecular complexity index is 519. The van der Waals surface area contributed by atoms with Gasteiger partial charge in [0.2, 0.25) is 0 Å². The van der Waals surface area contributed by atoms with Gasteiger partial charge in [0.15, 0.2) is 0 Å². The average molecular weight is 255 g/mol. The molecule has 19 heavy (non-hydrogen) atoms. The summed E-state index contributed by atoms with van der Waals surface area (Å²) in [6.45, 7) is 5.27. The van der Waals surface area contributed by atoms with Crippen LogP contribution in [-0.2, 0) is 13.2 Å². The molecule has 1 atom stereocenters. The average Bonchev–Trinajstić information content (AvgIpc) is 2.46. The third-order valence-corrected chi connectivity index (χ3v) is 3.47. The first-order valence-electron chi connectivity index (χ1n) is 6.68. The number of rotatable bonds is 5. The van der Waals surface area contributed by atoms with E-state index in [-0.39, 0.29) is 6.61 Å². The predicted molar refractivity (Wildman–Crippen MR) is 78.8 cm³/mol. The van der Waals surface area contributed by atoms with Gasteiger partial charge >= 0.3 is 0 Å². The van der Waals surface area contributed by atoms with E-state index in [0.29, 0.717) is 6.04 Å². The van der Waals surface area contributed by atoms with Gasteiger partial charge in [0, 0.05) is 12.6 Å². The fourth-order valence-electron chi connectivity index (χ4n) is 2.22. The second-order valence-corrected chi connectivity index (χ2v) is 4.93. The van der Waals surface area contributed by atoms with Crippen molar-refractivity contribution in [3.8, 4) is 0 Å². The van der Waals surface area contributed by atoms with Crippen LogP contribution in [0.4, 0.5) is 0 Å². The lowest BCUT2D eigenvalue weighted by molar-refractivity contribution is 0.282. The Morgan fingerprint density at radius 1 is 1.00 bits per heavy atom. The Kier molecular flexibility index (Phi) is 4.72. The SMILES string of the molecule is Cc1ccccc1C(C)NCc1ccc(CO)cc1. The van der Waals surface area contributed by atoms with Gasteiger partial charge in [0.1, 0.15) is 0 Å². The van der Waals surface area contributed by atoms with Crippen molar-refractivity contribution in [3.05, 3.63) is 70.8 Å². The third kappa shape index (κ3) is 3.66. The standard InChI is InChI=1S/C17H21NO/c1-13-5-3-4-6-17(13)14(2)18-11-15-7-9-16(12-19)10-8-15/h3-10,14,18-19H,11-12H2,1-2H3. The van der Waals surface area contributed by atoms with Gasteiger partial charge in [-0.2, -0.15) is 0 Å². The van der Waals surface area contributed by atoms with E-state index >= 15 is 0 Å². The minimum Gasteiger partial charge on any atom is -0.392 e. The van der Waals surface area contributed by atoms with E-state index in [1.54, 1.807) is 0 Å². The molecule has 2 N–H and O–H groups in total. The van der Waals surface area contributed by atoms with Crippen molar-refractivity contribution in [1.29, 1.82) is 0 Å². The highest BCUT2D eigenvalue weighted by Gasteiger charge is 2.06. The molecule has 0 spiro atoms. The van der Waals surface area contributed by atoms with E-state index in [9.17, 15) is 0 Å². The number of benzene rings is 2. The summed E-state index contributed by atoms with van der Waals surface area (Å²) in [6.07, 6.45) is 0. The number of aliphatic hydroxyl groups excluding tert-OH is 1. The number of aryl methyl sites for hydroxylation is 1. The Hall–Kier alpha value is -1.64. The summed E-state index contributed by atoms with van der Waals surface area (Å²) in [4.78, 5) is 0. The van der Waals surface area contributed by atoms with Crippen LogP contribution >= 0.6 is 0 Å². The van der Waals surface area contributed by atoms with Gasteiger partial charge in [-0.1, -0.05) is 48.5 Å². The fraction of sp³-hybridized carbons (Fsp3) is 0.294. The molecular weight excluding hydrogens is 234 g/mol. The summed E-state index contributed by atoms with van der Waals surface area (Å²) in [5.74, 6) is 0. The maximum atomic E-state index is 9.01. The summed E-state index contributed by atoms with van der Waals surface area (Å²) in [5.41, 5.74) is 4.85. The van der Waals surface area contributed by atoms with Crippen molar-refractivity contribution in [1.82, 2.24) is 5.32 Å². The molecule has 0 fully saturated rings. The van der Waals surface area contributed by atoms with Crippen molar-refractivity contribution >= 4 is 0 Å². The minimum atomic E-state index is 0.104. The molecule has 100 valence electrons. The molecule has 0 aliphatic carbocycles. The van der Waals surface area contributed by atoms with Crippen LogP contribution in [0.3, 0.4) is 0 Å². The topological polar surface area (TPSA) is 32.3 Å². The number of hydrogen-bond donors (Lipinski definition) is 2. The molecule has 0 saturated heterocycles.